The molecule has 2 aromatic carbocycles. The van der Waals surface area contributed by atoms with Crippen LogP contribution in [0.5, 0.6) is 0 Å². The van der Waals surface area contributed by atoms with Gasteiger partial charge in [-0.3, -0.25) is 0 Å². The Morgan fingerprint density at radius 1 is 1.00 bits per heavy atom. The van der Waals surface area contributed by atoms with Crippen molar-refractivity contribution in [1.29, 1.82) is 0 Å². The number of hydrogen-bond donors (Lipinski definition) is 1. The maximum Gasteiger partial charge on any atom is 0.236 e. The molecule has 4 aromatic rings. The Labute approximate surface area is 138 Å². The summed E-state index contributed by atoms with van der Waals surface area (Å²) in [4.78, 5) is 0.758. The van der Waals surface area contributed by atoms with Crippen molar-refractivity contribution in [2.75, 3.05) is 5.32 Å². The van der Waals surface area contributed by atoms with Crippen LogP contribution in [0.3, 0.4) is 0 Å². The van der Waals surface area contributed by atoms with E-state index in [-0.39, 0.29) is 0 Å². The Kier molecular flexibility index (Phi) is 3.36. The first-order valence-corrected chi connectivity index (χ1v) is 8.21. The first kappa shape index (κ1) is 13.4. The van der Waals surface area contributed by atoms with Crippen molar-refractivity contribution in [2.24, 2.45) is 0 Å². The second kappa shape index (κ2) is 5.51. The van der Waals surface area contributed by atoms with Crippen LogP contribution in [-0.4, -0.2) is 19.8 Å². The molecule has 22 heavy (non-hydrogen) atoms. The van der Waals surface area contributed by atoms with Gasteiger partial charge in [0.25, 0.3) is 0 Å². The fourth-order valence-electron chi connectivity index (χ4n) is 2.12. The van der Waals surface area contributed by atoms with E-state index in [1.54, 1.807) is 4.52 Å². The zero-order chi connectivity index (χ0) is 14.9. The number of para-hydroxylation sites is 1. The van der Waals surface area contributed by atoms with Gasteiger partial charge in [-0.2, -0.15) is 4.52 Å². The van der Waals surface area contributed by atoms with Crippen molar-refractivity contribution in [3.8, 4) is 11.4 Å². The average Bonchev–Trinajstić information content (AvgIpc) is 3.08. The van der Waals surface area contributed by atoms with Gasteiger partial charge in [-0.15, -0.1) is 15.3 Å². The van der Waals surface area contributed by atoms with Crippen molar-refractivity contribution < 1.29 is 0 Å². The van der Waals surface area contributed by atoms with Crippen molar-refractivity contribution >= 4 is 43.0 Å². The number of nitrogens with one attached hydrogen (secondary N) is 1. The molecule has 0 aliphatic rings. The van der Waals surface area contributed by atoms with E-state index < -0.39 is 0 Å². The number of rotatable bonds is 3. The van der Waals surface area contributed by atoms with Crippen LogP contribution >= 0.6 is 27.3 Å². The average molecular weight is 372 g/mol. The first-order chi connectivity index (χ1) is 10.8. The molecule has 108 valence electrons. The summed E-state index contributed by atoms with van der Waals surface area (Å²) in [5.74, 6) is 0.730. The van der Waals surface area contributed by atoms with Gasteiger partial charge in [0, 0.05) is 15.7 Å². The van der Waals surface area contributed by atoms with Gasteiger partial charge in [0.15, 0.2) is 5.82 Å². The molecule has 0 fully saturated rings. The van der Waals surface area contributed by atoms with E-state index in [9.17, 15) is 0 Å². The van der Waals surface area contributed by atoms with Crippen molar-refractivity contribution in [3.63, 3.8) is 0 Å². The zero-order valence-electron chi connectivity index (χ0n) is 11.3. The minimum absolute atomic E-state index is 0.730. The second-order valence-electron chi connectivity index (χ2n) is 4.63. The van der Waals surface area contributed by atoms with Crippen LogP contribution < -0.4 is 5.32 Å². The van der Waals surface area contributed by atoms with Gasteiger partial charge in [-0.1, -0.05) is 57.6 Å². The van der Waals surface area contributed by atoms with Crippen molar-refractivity contribution in [1.82, 2.24) is 19.8 Å². The molecule has 4 rings (SSSR count). The smallest absolute Gasteiger partial charge is 0.236 e. The van der Waals surface area contributed by atoms with Crippen LogP contribution in [-0.2, 0) is 0 Å². The van der Waals surface area contributed by atoms with E-state index in [4.69, 9.17) is 0 Å². The molecule has 0 aliphatic heterocycles. The minimum Gasteiger partial charge on any atom is -0.330 e. The lowest BCUT2D eigenvalue weighted by atomic mass is 10.2. The highest BCUT2D eigenvalue weighted by Gasteiger charge is 2.13. The molecule has 7 heteroatoms. The summed E-state index contributed by atoms with van der Waals surface area (Å²) in [5, 5.41) is 17.0. The normalized spacial score (nSPS) is 11.0. The minimum atomic E-state index is 0.730. The third kappa shape index (κ3) is 2.49. The summed E-state index contributed by atoms with van der Waals surface area (Å²) in [7, 11) is 0. The molecule has 0 aliphatic carbocycles. The molecule has 2 heterocycles. The highest BCUT2D eigenvalue weighted by atomic mass is 79.9. The van der Waals surface area contributed by atoms with Crippen LogP contribution in [0.25, 0.3) is 16.3 Å². The number of hydrogen-bond acceptors (Lipinski definition) is 5. The van der Waals surface area contributed by atoms with Gasteiger partial charge in [0.1, 0.15) is 0 Å². The summed E-state index contributed by atoms with van der Waals surface area (Å²) in [6, 6.07) is 17.9. The van der Waals surface area contributed by atoms with Gasteiger partial charge in [0.05, 0.1) is 0 Å². The van der Waals surface area contributed by atoms with E-state index >= 15 is 0 Å². The number of benzene rings is 2. The van der Waals surface area contributed by atoms with Crippen LogP contribution in [0, 0.1) is 0 Å². The SMILES string of the molecule is Brc1cccc(-c2nnc3sc(Nc4ccccc4)nn23)c1. The van der Waals surface area contributed by atoms with Gasteiger partial charge < -0.3 is 5.32 Å². The van der Waals surface area contributed by atoms with Crippen molar-refractivity contribution in [3.05, 3.63) is 59.1 Å². The third-order valence-electron chi connectivity index (χ3n) is 3.10. The highest BCUT2D eigenvalue weighted by molar-refractivity contribution is 9.10. The Hall–Kier alpha value is -2.25. The maximum atomic E-state index is 4.56. The van der Waals surface area contributed by atoms with Gasteiger partial charge in [-0.05, 0) is 24.3 Å². The molecule has 1 N–H and O–H groups in total. The molecular weight excluding hydrogens is 362 g/mol. The molecule has 0 radical (unpaired) electrons. The Morgan fingerprint density at radius 2 is 1.86 bits per heavy atom. The molecule has 0 saturated carbocycles. The summed E-state index contributed by atoms with van der Waals surface area (Å²) in [6.45, 7) is 0. The summed E-state index contributed by atoms with van der Waals surface area (Å²) in [6.07, 6.45) is 0. The number of nitrogens with zero attached hydrogens (tertiary/aromatic N) is 4. The fraction of sp³-hybridized carbons (Fsp3) is 0. The Bertz CT molecular complexity index is 931. The number of fused-ring (bicyclic) bond motifs is 1. The first-order valence-electron chi connectivity index (χ1n) is 6.60. The van der Waals surface area contributed by atoms with E-state index in [0.717, 1.165) is 31.6 Å². The topological polar surface area (TPSA) is 55.1 Å². The van der Waals surface area contributed by atoms with E-state index in [0.29, 0.717) is 0 Å². The van der Waals surface area contributed by atoms with Gasteiger partial charge >= 0.3 is 0 Å². The Morgan fingerprint density at radius 3 is 2.68 bits per heavy atom. The number of halogens is 1. The van der Waals surface area contributed by atoms with Crippen LogP contribution in [0.15, 0.2) is 59.1 Å². The monoisotopic (exact) mass is 371 g/mol. The largest absolute Gasteiger partial charge is 0.330 e. The van der Waals surface area contributed by atoms with E-state index in [1.165, 1.54) is 11.3 Å². The molecule has 0 spiro atoms. The van der Waals surface area contributed by atoms with Crippen LogP contribution in [0.1, 0.15) is 0 Å². The predicted octanol–water partition coefficient (Wildman–Crippen LogP) is 4.36. The van der Waals surface area contributed by atoms with Crippen molar-refractivity contribution in [2.45, 2.75) is 0 Å². The van der Waals surface area contributed by atoms with E-state index in [2.05, 4.69) is 36.5 Å². The predicted molar refractivity (Wildman–Crippen MR) is 91.5 cm³/mol. The molecule has 0 amide bonds. The van der Waals surface area contributed by atoms with Gasteiger partial charge in [-0.25, -0.2) is 0 Å². The molecule has 0 saturated heterocycles. The summed E-state index contributed by atoms with van der Waals surface area (Å²) >= 11 is 4.94. The lowest BCUT2D eigenvalue weighted by Gasteiger charge is -2.00. The third-order valence-corrected chi connectivity index (χ3v) is 4.41. The van der Waals surface area contributed by atoms with Crippen LogP contribution in [0.2, 0.25) is 0 Å². The molecule has 0 atom stereocenters. The lowest BCUT2D eigenvalue weighted by molar-refractivity contribution is 0.970. The molecule has 0 unspecified atom stereocenters. The fourth-order valence-corrected chi connectivity index (χ4v) is 3.28. The number of aromatic nitrogens is 4. The molecule has 5 nitrogen and oxygen atoms in total. The molecule has 2 aromatic heterocycles. The lowest BCUT2D eigenvalue weighted by Crippen LogP contribution is -1.93. The summed E-state index contributed by atoms with van der Waals surface area (Å²) in [5.41, 5.74) is 1.97. The maximum absolute atomic E-state index is 4.56. The summed E-state index contributed by atoms with van der Waals surface area (Å²) < 4.78 is 2.76. The van der Waals surface area contributed by atoms with Gasteiger partial charge in [0.2, 0.25) is 10.1 Å². The highest BCUT2D eigenvalue weighted by Crippen LogP contribution is 2.27. The number of anilines is 2. The van der Waals surface area contributed by atoms with E-state index in [1.807, 2.05) is 54.6 Å². The second-order valence-corrected chi connectivity index (χ2v) is 6.50. The zero-order valence-corrected chi connectivity index (χ0v) is 13.7. The molecular formula is C15H10BrN5S. The molecule has 0 bridgehead atoms. The standard InChI is InChI=1S/C15H10BrN5S/c16-11-6-4-5-10(9-11)13-18-19-15-21(13)20-14(22-15)17-12-7-2-1-3-8-12/h1-9H,(H,17,20). The van der Waals surface area contributed by atoms with Crippen LogP contribution in [0.4, 0.5) is 10.8 Å². The quantitative estimate of drug-likeness (QED) is 0.581. The Balaban J connectivity index is 1.73.